The van der Waals surface area contributed by atoms with Crippen molar-refractivity contribution in [3.05, 3.63) is 29.6 Å². The number of anilines is 1. The van der Waals surface area contributed by atoms with E-state index in [1.54, 1.807) is 13.0 Å². The number of aliphatic hydroxyl groups is 1. The van der Waals surface area contributed by atoms with Crippen LogP contribution in [0.25, 0.3) is 0 Å². The molecule has 0 saturated carbocycles. The number of aliphatic hydroxyl groups excluding tert-OH is 1. The summed E-state index contributed by atoms with van der Waals surface area (Å²) in [7, 11) is 0. The van der Waals surface area contributed by atoms with Crippen molar-refractivity contribution in [2.24, 2.45) is 5.92 Å². The summed E-state index contributed by atoms with van der Waals surface area (Å²) in [6.07, 6.45) is 2.06. The molecule has 1 aromatic carbocycles. The number of hydrogen-bond donors (Lipinski definition) is 2. The molecule has 1 unspecified atom stereocenters. The molecule has 1 aromatic rings. The van der Waals surface area contributed by atoms with E-state index in [0.29, 0.717) is 16.4 Å². The van der Waals surface area contributed by atoms with Crippen molar-refractivity contribution >= 4 is 23.0 Å². The van der Waals surface area contributed by atoms with E-state index < -0.39 is 0 Å². The van der Waals surface area contributed by atoms with Gasteiger partial charge in [-0.15, -0.1) is 0 Å². The standard InChI is InChI=1S/C14H19FN2OS/c1-10-4-5-12(7-13(10)15)16-14(19)17-6-2-3-11(8-17)9-18/h4-5,7,11,18H,2-3,6,8-9H2,1H3,(H,16,19). The van der Waals surface area contributed by atoms with Gasteiger partial charge in [-0.25, -0.2) is 4.39 Å². The van der Waals surface area contributed by atoms with Crippen LogP contribution in [0.4, 0.5) is 10.1 Å². The average Bonchev–Trinajstić information content (AvgIpc) is 2.43. The minimum absolute atomic E-state index is 0.193. The normalized spacial score (nSPS) is 19.3. The lowest BCUT2D eigenvalue weighted by atomic mass is 9.99. The molecule has 1 aliphatic rings. The molecule has 5 heteroatoms. The quantitative estimate of drug-likeness (QED) is 0.817. The van der Waals surface area contributed by atoms with Gasteiger partial charge in [0.2, 0.25) is 0 Å². The highest BCUT2D eigenvalue weighted by Gasteiger charge is 2.21. The first kappa shape index (κ1) is 14.2. The second-order valence-corrected chi connectivity index (χ2v) is 5.42. The zero-order chi connectivity index (χ0) is 13.8. The number of halogens is 1. The fourth-order valence-electron chi connectivity index (χ4n) is 2.27. The van der Waals surface area contributed by atoms with Crippen molar-refractivity contribution in [2.45, 2.75) is 19.8 Å². The van der Waals surface area contributed by atoms with Crippen molar-refractivity contribution in [3.8, 4) is 0 Å². The van der Waals surface area contributed by atoms with Crippen LogP contribution in [0.2, 0.25) is 0 Å². The first-order valence-electron chi connectivity index (χ1n) is 6.53. The van der Waals surface area contributed by atoms with Crippen LogP contribution in [0.1, 0.15) is 18.4 Å². The summed E-state index contributed by atoms with van der Waals surface area (Å²) in [6.45, 7) is 3.57. The summed E-state index contributed by atoms with van der Waals surface area (Å²) in [6, 6.07) is 5.00. The van der Waals surface area contributed by atoms with Crippen LogP contribution < -0.4 is 5.32 Å². The number of rotatable bonds is 2. The van der Waals surface area contributed by atoms with E-state index in [2.05, 4.69) is 5.32 Å². The Morgan fingerprint density at radius 3 is 3.05 bits per heavy atom. The summed E-state index contributed by atoms with van der Waals surface area (Å²) in [5, 5.41) is 12.9. The molecule has 104 valence electrons. The van der Waals surface area contributed by atoms with Crippen molar-refractivity contribution in [1.29, 1.82) is 0 Å². The first-order valence-corrected chi connectivity index (χ1v) is 6.94. The number of nitrogens with one attached hydrogen (secondary N) is 1. The number of piperidine rings is 1. The third-order valence-corrected chi connectivity index (χ3v) is 3.85. The predicted molar refractivity (Wildman–Crippen MR) is 78.7 cm³/mol. The molecule has 0 radical (unpaired) electrons. The van der Waals surface area contributed by atoms with Gasteiger partial charge in [0.1, 0.15) is 5.82 Å². The lowest BCUT2D eigenvalue weighted by Gasteiger charge is -2.33. The van der Waals surface area contributed by atoms with Crippen LogP contribution >= 0.6 is 12.2 Å². The average molecular weight is 282 g/mol. The Kier molecular flexibility index (Phi) is 4.71. The molecule has 0 aromatic heterocycles. The van der Waals surface area contributed by atoms with E-state index in [0.717, 1.165) is 25.9 Å². The van der Waals surface area contributed by atoms with Crippen LogP contribution in [-0.2, 0) is 0 Å². The predicted octanol–water partition coefficient (Wildman–Crippen LogP) is 2.54. The number of hydrogen-bond acceptors (Lipinski definition) is 2. The van der Waals surface area contributed by atoms with Crippen molar-refractivity contribution in [3.63, 3.8) is 0 Å². The molecule has 0 bridgehead atoms. The number of benzene rings is 1. The highest BCUT2D eigenvalue weighted by Crippen LogP contribution is 2.18. The SMILES string of the molecule is Cc1ccc(NC(=S)N2CCCC(CO)C2)cc1F. The van der Waals surface area contributed by atoms with Gasteiger partial charge in [-0.2, -0.15) is 0 Å². The van der Waals surface area contributed by atoms with Crippen molar-refractivity contribution in [1.82, 2.24) is 4.90 Å². The fraction of sp³-hybridized carbons (Fsp3) is 0.500. The Balaban J connectivity index is 1.98. The zero-order valence-corrected chi connectivity index (χ0v) is 11.8. The van der Waals surface area contributed by atoms with Gasteiger partial charge in [0.15, 0.2) is 5.11 Å². The van der Waals surface area contributed by atoms with Crippen LogP contribution in [0.5, 0.6) is 0 Å². The van der Waals surface area contributed by atoms with Gasteiger partial charge in [0.05, 0.1) is 0 Å². The van der Waals surface area contributed by atoms with Gasteiger partial charge in [-0.1, -0.05) is 6.07 Å². The highest BCUT2D eigenvalue weighted by atomic mass is 32.1. The van der Waals surface area contributed by atoms with E-state index in [4.69, 9.17) is 12.2 Å². The Hall–Kier alpha value is -1.20. The number of nitrogens with zero attached hydrogens (tertiary/aromatic N) is 1. The molecule has 1 heterocycles. The molecular formula is C14H19FN2OS. The third kappa shape index (κ3) is 3.64. The van der Waals surface area contributed by atoms with E-state index in [1.165, 1.54) is 6.07 Å². The third-order valence-electron chi connectivity index (χ3n) is 3.49. The van der Waals surface area contributed by atoms with E-state index in [9.17, 15) is 9.50 Å². The molecule has 1 atom stereocenters. The smallest absolute Gasteiger partial charge is 0.173 e. The molecule has 3 nitrogen and oxygen atoms in total. The van der Waals surface area contributed by atoms with Crippen LogP contribution in [0.3, 0.4) is 0 Å². The van der Waals surface area contributed by atoms with Crippen LogP contribution in [0.15, 0.2) is 18.2 Å². The molecule has 2 N–H and O–H groups in total. The molecule has 1 saturated heterocycles. The second kappa shape index (κ2) is 6.30. The largest absolute Gasteiger partial charge is 0.396 e. The lowest BCUT2D eigenvalue weighted by Crippen LogP contribution is -2.43. The summed E-state index contributed by atoms with van der Waals surface area (Å²) in [5.74, 6) is 0.0444. The van der Waals surface area contributed by atoms with Gasteiger partial charge in [0.25, 0.3) is 0 Å². The van der Waals surface area contributed by atoms with E-state index in [-0.39, 0.29) is 18.3 Å². The first-order chi connectivity index (χ1) is 9.10. The summed E-state index contributed by atoms with van der Waals surface area (Å²) in [4.78, 5) is 2.04. The lowest BCUT2D eigenvalue weighted by molar-refractivity contribution is 0.162. The maximum Gasteiger partial charge on any atom is 0.173 e. The van der Waals surface area contributed by atoms with Crippen LogP contribution in [0, 0.1) is 18.7 Å². The monoisotopic (exact) mass is 282 g/mol. The van der Waals surface area contributed by atoms with Gasteiger partial charge >= 0.3 is 0 Å². The molecule has 0 spiro atoms. The van der Waals surface area contributed by atoms with Crippen LogP contribution in [-0.4, -0.2) is 34.8 Å². The Labute approximate surface area is 118 Å². The highest BCUT2D eigenvalue weighted by molar-refractivity contribution is 7.80. The summed E-state index contributed by atoms with van der Waals surface area (Å²) >= 11 is 5.34. The fourth-order valence-corrected chi connectivity index (χ4v) is 2.56. The second-order valence-electron chi connectivity index (χ2n) is 5.03. The minimum Gasteiger partial charge on any atom is -0.396 e. The molecule has 2 rings (SSSR count). The zero-order valence-electron chi connectivity index (χ0n) is 11.0. The summed E-state index contributed by atoms with van der Waals surface area (Å²) < 4.78 is 13.5. The van der Waals surface area contributed by atoms with Crippen molar-refractivity contribution in [2.75, 3.05) is 25.0 Å². The molecule has 0 amide bonds. The van der Waals surface area contributed by atoms with Gasteiger partial charge in [-0.05, 0) is 55.6 Å². The maximum absolute atomic E-state index is 13.5. The molecule has 0 aliphatic carbocycles. The maximum atomic E-state index is 13.5. The van der Waals surface area contributed by atoms with Crippen molar-refractivity contribution < 1.29 is 9.50 Å². The van der Waals surface area contributed by atoms with E-state index >= 15 is 0 Å². The topological polar surface area (TPSA) is 35.5 Å². The van der Waals surface area contributed by atoms with Gasteiger partial charge in [-0.3, -0.25) is 0 Å². The number of aryl methyl sites for hydroxylation is 1. The number of thiocarbonyl (C=S) groups is 1. The molecule has 1 aliphatic heterocycles. The van der Waals surface area contributed by atoms with Gasteiger partial charge in [0, 0.05) is 25.4 Å². The molecule has 1 fully saturated rings. The molecular weight excluding hydrogens is 263 g/mol. The Morgan fingerprint density at radius 1 is 1.58 bits per heavy atom. The summed E-state index contributed by atoms with van der Waals surface area (Å²) in [5.41, 5.74) is 1.29. The molecule has 19 heavy (non-hydrogen) atoms. The Bertz CT molecular complexity index is 467. The van der Waals surface area contributed by atoms with E-state index in [1.807, 2.05) is 11.0 Å². The Morgan fingerprint density at radius 2 is 2.37 bits per heavy atom. The minimum atomic E-state index is -0.236. The number of likely N-dealkylation sites (tertiary alicyclic amines) is 1. The van der Waals surface area contributed by atoms with Gasteiger partial charge < -0.3 is 15.3 Å².